The van der Waals surface area contributed by atoms with Crippen molar-refractivity contribution in [1.82, 2.24) is 0 Å². The van der Waals surface area contributed by atoms with Crippen molar-refractivity contribution in [3.05, 3.63) is 55.2 Å². The van der Waals surface area contributed by atoms with Gasteiger partial charge in [-0.15, -0.1) is 22.9 Å². The largest absolute Gasteiger partial charge is 0.143 e. The SMILES string of the molecule is Cc1cc(Cl)c(C(Cl)c2cc3c(s2)CCCC3)cc1C. The molecule has 1 unspecified atom stereocenters. The summed E-state index contributed by atoms with van der Waals surface area (Å²) in [5.74, 6) is 0. The van der Waals surface area contributed by atoms with Gasteiger partial charge in [0.25, 0.3) is 0 Å². The molecule has 20 heavy (non-hydrogen) atoms. The van der Waals surface area contributed by atoms with Gasteiger partial charge in [0, 0.05) is 14.8 Å². The monoisotopic (exact) mass is 324 g/mol. The lowest BCUT2D eigenvalue weighted by atomic mass is 9.98. The van der Waals surface area contributed by atoms with Crippen molar-refractivity contribution >= 4 is 34.5 Å². The van der Waals surface area contributed by atoms with E-state index in [1.165, 1.54) is 52.1 Å². The number of aryl methyl sites for hydroxylation is 4. The van der Waals surface area contributed by atoms with Crippen molar-refractivity contribution in [2.75, 3.05) is 0 Å². The predicted molar refractivity (Wildman–Crippen MR) is 89.6 cm³/mol. The third kappa shape index (κ3) is 2.64. The fourth-order valence-electron chi connectivity index (χ4n) is 2.79. The van der Waals surface area contributed by atoms with E-state index in [-0.39, 0.29) is 5.38 Å². The molecule has 2 aromatic rings. The molecule has 0 spiro atoms. The van der Waals surface area contributed by atoms with Crippen molar-refractivity contribution in [2.24, 2.45) is 0 Å². The first-order chi connectivity index (χ1) is 9.56. The van der Waals surface area contributed by atoms with Gasteiger partial charge in [-0.3, -0.25) is 0 Å². The Labute approximate surface area is 134 Å². The summed E-state index contributed by atoms with van der Waals surface area (Å²) in [6, 6.07) is 6.45. The number of halogens is 2. The summed E-state index contributed by atoms with van der Waals surface area (Å²) in [4.78, 5) is 2.76. The van der Waals surface area contributed by atoms with E-state index in [2.05, 4.69) is 26.0 Å². The Morgan fingerprint density at radius 3 is 2.50 bits per heavy atom. The van der Waals surface area contributed by atoms with Gasteiger partial charge in [0.1, 0.15) is 0 Å². The summed E-state index contributed by atoms with van der Waals surface area (Å²) in [6.45, 7) is 4.19. The first kappa shape index (κ1) is 14.4. The van der Waals surface area contributed by atoms with E-state index >= 15 is 0 Å². The first-order valence-electron chi connectivity index (χ1n) is 7.08. The summed E-state index contributed by atoms with van der Waals surface area (Å²) in [6.07, 6.45) is 5.03. The topological polar surface area (TPSA) is 0 Å². The maximum Gasteiger partial charge on any atom is 0.0942 e. The summed E-state index contributed by atoms with van der Waals surface area (Å²) in [7, 11) is 0. The summed E-state index contributed by atoms with van der Waals surface area (Å²) < 4.78 is 0. The van der Waals surface area contributed by atoms with E-state index in [4.69, 9.17) is 23.2 Å². The zero-order valence-electron chi connectivity index (χ0n) is 11.8. The minimum Gasteiger partial charge on any atom is -0.143 e. The number of hydrogen-bond acceptors (Lipinski definition) is 1. The van der Waals surface area contributed by atoms with Crippen LogP contribution in [0.4, 0.5) is 0 Å². The normalized spacial score (nSPS) is 16.0. The molecule has 1 aromatic heterocycles. The number of fused-ring (bicyclic) bond motifs is 1. The maximum absolute atomic E-state index is 6.71. The molecule has 1 aliphatic carbocycles. The molecule has 0 saturated heterocycles. The van der Waals surface area contributed by atoms with Crippen LogP contribution in [0.25, 0.3) is 0 Å². The Morgan fingerprint density at radius 1 is 1.05 bits per heavy atom. The third-order valence-electron chi connectivity index (χ3n) is 4.15. The molecule has 0 aliphatic heterocycles. The van der Waals surface area contributed by atoms with Gasteiger partial charge in [0.05, 0.1) is 5.38 Å². The number of hydrogen-bond donors (Lipinski definition) is 0. The highest BCUT2D eigenvalue weighted by Gasteiger charge is 2.21. The molecule has 3 rings (SSSR count). The minimum atomic E-state index is -0.127. The fraction of sp³-hybridized carbons (Fsp3) is 0.412. The second-order valence-electron chi connectivity index (χ2n) is 5.62. The Hall–Kier alpha value is -0.500. The minimum absolute atomic E-state index is 0.127. The molecular formula is C17H18Cl2S. The van der Waals surface area contributed by atoms with Crippen LogP contribution in [0.2, 0.25) is 5.02 Å². The number of rotatable bonds is 2. The molecule has 0 bridgehead atoms. The third-order valence-corrected chi connectivity index (χ3v) is 6.38. The van der Waals surface area contributed by atoms with E-state index < -0.39 is 0 Å². The Kier molecular flexibility index (Phi) is 4.12. The van der Waals surface area contributed by atoms with Gasteiger partial charge in [-0.2, -0.15) is 0 Å². The molecule has 1 aliphatic rings. The Bertz CT molecular complexity index is 619. The number of thiophene rings is 1. The van der Waals surface area contributed by atoms with Gasteiger partial charge >= 0.3 is 0 Å². The highest BCUT2D eigenvalue weighted by molar-refractivity contribution is 7.12. The van der Waals surface area contributed by atoms with Crippen molar-refractivity contribution in [1.29, 1.82) is 0 Å². The van der Waals surface area contributed by atoms with Crippen molar-refractivity contribution in [3.8, 4) is 0 Å². The van der Waals surface area contributed by atoms with Crippen molar-refractivity contribution in [3.63, 3.8) is 0 Å². The van der Waals surface area contributed by atoms with Crippen LogP contribution in [0.3, 0.4) is 0 Å². The lowest BCUT2D eigenvalue weighted by molar-refractivity contribution is 0.697. The Balaban J connectivity index is 1.98. The van der Waals surface area contributed by atoms with Gasteiger partial charge in [0.2, 0.25) is 0 Å². The summed E-state index contributed by atoms with van der Waals surface area (Å²) in [5.41, 5.74) is 5.00. The molecule has 1 atom stereocenters. The lowest BCUT2D eigenvalue weighted by Gasteiger charge is -2.12. The summed E-state index contributed by atoms with van der Waals surface area (Å²) in [5, 5.41) is 0.650. The molecule has 0 nitrogen and oxygen atoms in total. The molecular weight excluding hydrogens is 307 g/mol. The van der Waals surface area contributed by atoms with Gasteiger partial charge in [-0.05, 0) is 73.9 Å². The van der Waals surface area contributed by atoms with Crippen LogP contribution in [0.1, 0.15) is 50.2 Å². The zero-order chi connectivity index (χ0) is 14.3. The predicted octanol–water partition coefficient (Wildman–Crippen LogP) is 6.23. The molecule has 0 saturated carbocycles. The van der Waals surface area contributed by atoms with E-state index in [0.717, 1.165) is 10.6 Å². The van der Waals surface area contributed by atoms with Crippen LogP contribution in [0, 0.1) is 13.8 Å². The van der Waals surface area contributed by atoms with Crippen molar-refractivity contribution < 1.29 is 0 Å². The fourth-order valence-corrected chi connectivity index (χ4v) is 4.80. The number of alkyl halides is 1. The highest BCUT2D eigenvalue weighted by atomic mass is 35.5. The van der Waals surface area contributed by atoms with Gasteiger partial charge in [-0.25, -0.2) is 0 Å². The smallest absolute Gasteiger partial charge is 0.0942 e. The lowest BCUT2D eigenvalue weighted by Crippen LogP contribution is -1.96. The van der Waals surface area contributed by atoms with Crippen LogP contribution >= 0.6 is 34.5 Å². The van der Waals surface area contributed by atoms with Gasteiger partial charge in [0.15, 0.2) is 0 Å². The average Bonchev–Trinajstić information content (AvgIpc) is 2.86. The maximum atomic E-state index is 6.71. The van der Waals surface area contributed by atoms with Crippen LogP contribution in [0.5, 0.6) is 0 Å². The second-order valence-corrected chi connectivity index (χ2v) is 7.64. The van der Waals surface area contributed by atoms with Gasteiger partial charge < -0.3 is 0 Å². The van der Waals surface area contributed by atoms with E-state index in [1.807, 2.05) is 17.4 Å². The molecule has 0 radical (unpaired) electrons. The van der Waals surface area contributed by atoms with E-state index in [9.17, 15) is 0 Å². The van der Waals surface area contributed by atoms with E-state index in [0.29, 0.717) is 0 Å². The molecule has 1 heterocycles. The number of benzene rings is 1. The molecule has 0 fully saturated rings. The zero-order valence-corrected chi connectivity index (χ0v) is 14.1. The van der Waals surface area contributed by atoms with Crippen LogP contribution < -0.4 is 0 Å². The summed E-state index contributed by atoms with van der Waals surface area (Å²) >= 11 is 15.0. The van der Waals surface area contributed by atoms with Crippen LogP contribution in [0.15, 0.2) is 18.2 Å². The quantitative estimate of drug-likeness (QED) is 0.575. The standard InChI is InChI=1S/C17H18Cl2S/c1-10-7-13(14(18)8-11(10)2)17(19)16-9-12-5-3-4-6-15(12)20-16/h7-9,17H,3-6H2,1-2H3. The average molecular weight is 325 g/mol. The Morgan fingerprint density at radius 2 is 1.75 bits per heavy atom. The van der Waals surface area contributed by atoms with Gasteiger partial charge in [-0.1, -0.05) is 17.7 Å². The van der Waals surface area contributed by atoms with E-state index in [1.54, 1.807) is 0 Å². The molecule has 3 heteroatoms. The highest BCUT2D eigenvalue weighted by Crippen LogP contribution is 2.41. The second kappa shape index (κ2) is 5.71. The first-order valence-corrected chi connectivity index (χ1v) is 8.71. The van der Waals surface area contributed by atoms with Crippen molar-refractivity contribution in [2.45, 2.75) is 44.9 Å². The van der Waals surface area contributed by atoms with Crippen LogP contribution in [-0.2, 0) is 12.8 Å². The van der Waals surface area contributed by atoms with Crippen LogP contribution in [-0.4, -0.2) is 0 Å². The molecule has 0 amide bonds. The molecule has 0 N–H and O–H groups in total. The molecule has 106 valence electrons. The molecule has 1 aromatic carbocycles.